The second-order valence-corrected chi connectivity index (χ2v) is 8.43. The molecule has 8 heteroatoms. The molecule has 0 spiro atoms. The van der Waals surface area contributed by atoms with Crippen LogP contribution in [0, 0.1) is 0 Å². The van der Waals surface area contributed by atoms with Crippen molar-refractivity contribution in [2.45, 2.75) is 49.5 Å². The molecule has 0 bridgehead atoms. The molecule has 2 aliphatic rings. The number of halogens is 1. The zero-order valence-electron chi connectivity index (χ0n) is 16.9. The molecule has 168 valence electrons. The number of hydrogen-bond donors (Lipinski definition) is 4. The lowest BCUT2D eigenvalue weighted by molar-refractivity contribution is -0.231. The Morgan fingerprint density at radius 2 is 1.77 bits per heavy atom. The first-order valence-electron chi connectivity index (χ1n) is 10.4. The van der Waals surface area contributed by atoms with Crippen molar-refractivity contribution < 1.29 is 34.6 Å². The van der Waals surface area contributed by atoms with Gasteiger partial charge in [-0.05, 0) is 41.3 Å². The smallest absolute Gasteiger partial charge is 0.124 e. The number of aliphatic hydroxyl groups is 4. The summed E-state index contributed by atoms with van der Waals surface area (Å²) < 4.78 is 16.9. The Hall–Kier alpha value is -1.71. The van der Waals surface area contributed by atoms with Crippen molar-refractivity contribution in [3.8, 4) is 5.75 Å². The molecule has 7 nitrogen and oxygen atoms in total. The van der Waals surface area contributed by atoms with Gasteiger partial charge in [-0.2, -0.15) is 0 Å². The van der Waals surface area contributed by atoms with Crippen molar-refractivity contribution in [1.29, 1.82) is 0 Å². The van der Waals surface area contributed by atoms with E-state index in [2.05, 4.69) is 0 Å². The highest BCUT2D eigenvalue weighted by Crippen LogP contribution is 2.34. The molecule has 2 aromatic rings. The van der Waals surface area contributed by atoms with Gasteiger partial charge in [0.1, 0.15) is 42.4 Å². The number of hydrogen-bond acceptors (Lipinski definition) is 7. The summed E-state index contributed by atoms with van der Waals surface area (Å²) in [6.07, 6.45) is -4.46. The molecule has 0 radical (unpaired) electrons. The molecule has 4 N–H and O–H groups in total. The predicted molar refractivity (Wildman–Crippen MR) is 113 cm³/mol. The van der Waals surface area contributed by atoms with Crippen molar-refractivity contribution in [2.75, 3.05) is 19.8 Å². The van der Waals surface area contributed by atoms with E-state index in [-0.39, 0.29) is 6.10 Å². The largest absolute Gasteiger partial charge is 0.488 e. The van der Waals surface area contributed by atoms with E-state index in [1.807, 2.05) is 30.3 Å². The Bertz CT molecular complexity index is 867. The lowest BCUT2D eigenvalue weighted by atomic mass is 9.90. The van der Waals surface area contributed by atoms with Gasteiger partial charge in [-0.3, -0.25) is 0 Å². The number of rotatable bonds is 6. The average molecular weight is 451 g/mol. The van der Waals surface area contributed by atoms with Crippen molar-refractivity contribution >= 4 is 11.6 Å². The van der Waals surface area contributed by atoms with Crippen LogP contribution < -0.4 is 4.74 Å². The van der Waals surface area contributed by atoms with Gasteiger partial charge in [0.15, 0.2) is 0 Å². The van der Waals surface area contributed by atoms with Gasteiger partial charge >= 0.3 is 0 Å². The molecule has 2 saturated heterocycles. The van der Waals surface area contributed by atoms with Crippen LogP contribution in [0.3, 0.4) is 0 Å². The minimum atomic E-state index is -1.42. The zero-order chi connectivity index (χ0) is 22.0. The second kappa shape index (κ2) is 9.83. The summed E-state index contributed by atoms with van der Waals surface area (Å²) in [5, 5.41) is 40.5. The van der Waals surface area contributed by atoms with Crippen molar-refractivity contribution in [2.24, 2.45) is 0 Å². The lowest BCUT2D eigenvalue weighted by Gasteiger charge is -2.40. The fourth-order valence-electron chi connectivity index (χ4n) is 3.99. The van der Waals surface area contributed by atoms with Gasteiger partial charge in [0.2, 0.25) is 0 Å². The van der Waals surface area contributed by atoms with E-state index >= 15 is 0 Å². The summed E-state index contributed by atoms with van der Waals surface area (Å²) in [6, 6.07) is 13.0. The van der Waals surface area contributed by atoms with E-state index in [1.165, 1.54) is 0 Å². The molecule has 0 aliphatic carbocycles. The van der Waals surface area contributed by atoms with Crippen LogP contribution in [-0.4, -0.2) is 70.8 Å². The first kappa shape index (κ1) is 22.5. The lowest BCUT2D eigenvalue weighted by Crippen LogP contribution is -2.55. The summed E-state index contributed by atoms with van der Waals surface area (Å²) in [5.74, 6) is 0.792. The fraction of sp³-hybridized carbons (Fsp3) is 0.478. The summed E-state index contributed by atoms with van der Waals surface area (Å²) in [6.45, 7) is 0.872. The van der Waals surface area contributed by atoms with E-state index in [0.717, 1.165) is 29.9 Å². The average Bonchev–Trinajstić information content (AvgIpc) is 3.28. The summed E-state index contributed by atoms with van der Waals surface area (Å²) in [5.41, 5.74) is 2.47. The highest BCUT2D eigenvalue weighted by molar-refractivity contribution is 6.31. The third-order valence-electron chi connectivity index (χ3n) is 5.80. The van der Waals surface area contributed by atoms with Gasteiger partial charge in [-0.25, -0.2) is 0 Å². The van der Waals surface area contributed by atoms with E-state index in [9.17, 15) is 20.4 Å². The Kier molecular flexibility index (Phi) is 7.13. The van der Waals surface area contributed by atoms with Crippen LogP contribution in [0.2, 0.25) is 5.02 Å². The standard InChI is InChI=1S/C23H27ClO7/c24-18-6-3-14(23-22(28)21(27)20(26)19(11-25)31-23)10-15(18)9-13-1-4-16(5-2-13)30-17-7-8-29-12-17/h1-6,10,17,19-23,25-28H,7-9,11-12H2/t17?,19?,20-,21?,22-,23?/m1/s1. The highest BCUT2D eigenvalue weighted by atomic mass is 35.5. The van der Waals surface area contributed by atoms with Crippen molar-refractivity contribution in [3.63, 3.8) is 0 Å². The highest BCUT2D eigenvalue weighted by Gasteiger charge is 2.44. The zero-order valence-corrected chi connectivity index (χ0v) is 17.7. The van der Waals surface area contributed by atoms with Gasteiger partial charge < -0.3 is 34.6 Å². The Morgan fingerprint density at radius 1 is 1.00 bits per heavy atom. The summed E-state index contributed by atoms with van der Waals surface area (Å²) in [4.78, 5) is 0. The monoisotopic (exact) mass is 450 g/mol. The van der Waals surface area contributed by atoms with E-state index < -0.39 is 37.1 Å². The molecule has 0 saturated carbocycles. The van der Waals surface area contributed by atoms with E-state index in [1.54, 1.807) is 12.1 Å². The number of benzene rings is 2. The van der Waals surface area contributed by atoms with Gasteiger partial charge in [0.05, 0.1) is 19.8 Å². The normalized spacial score (nSPS) is 31.0. The van der Waals surface area contributed by atoms with Crippen LogP contribution in [0.25, 0.3) is 0 Å². The third kappa shape index (κ3) is 5.04. The molecule has 31 heavy (non-hydrogen) atoms. The first-order chi connectivity index (χ1) is 15.0. The quantitative estimate of drug-likeness (QED) is 0.529. The van der Waals surface area contributed by atoms with Crippen LogP contribution in [0.1, 0.15) is 29.2 Å². The Labute approximate surface area is 185 Å². The molecule has 4 unspecified atom stereocenters. The van der Waals surface area contributed by atoms with Gasteiger partial charge in [0.25, 0.3) is 0 Å². The van der Waals surface area contributed by atoms with Crippen LogP contribution in [0.15, 0.2) is 42.5 Å². The number of ether oxygens (including phenoxy) is 3. The fourth-order valence-corrected chi connectivity index (χ4v) is 4.17. The predicted octanol–water partition coefficient (Wildman–Crippen LogP) is 1.61. The molecule has 6 atom stereocenters. The molecule has 0 aromatic heterocycles. The van der Waals surface area contributed by atoms with Crippen molar-refractivity contribution in [3.05, 3.63) is 64.2 Å². The van der Waals surface area contributed by atoms with Crippen molar-refractivity contribution in [1.82, 2.24) is 0 Å². The minimum Gasteiger partial charge on any atom is -0.488 e. The molecule has 2 aliphatic heterocycles. The van der Waals surface area contributed by atoms with Gasteiger partial charge in [0, 0.05) is 11.4 Å². The van der Waals surface area contributed by atoms with Crippen LogP contribution >= 0.6 is 11.6 Å². The summed E-state index contributed by atoms with van der Waals surface area (Å²) in [7, 11) is 0. The molecule has 4 rings (SSSR count). The van der Waals surface area contributed by atoms with E-state index in [4.69, 9.17) is 25.8 Å². The third-order valence-corrected chi connectivity index (χ3v) is 6.17. The van der Waals surface area contributed by atoms with E-state index in [0.29, 0.717) is 23.6 Å². The molecule has 2 fully saturated rings. The van der Waals surface area contributed by atoms with Crippen LogP contribution in [0.4, 0.5) is 0 Å². The van der Waals surface area contributed by atoms with Gasteiger partial charge in [-0.1, -0.05) is 35.9 Å². The maximum Gasteiger partial charge on any atom is 0.124 e. The first-order valence-corrected chi connectivity index (χ1v) is 10.8. The Balaban J connectivity index is 1.49. The second-order valence-electron chi connectivity index (χ2n) is 8.02. The Morgan fingerprint density at radius 3 is 2.45 bits per heavy atom. The molecule has 2 aromatic carbocycles. The van der Waals surface area contributed by atoms with Crippen LogP contribution in [0.5, 0.6) is 5.75 Å². The molecule has 2 heterocycles. The maximum absolute atomic E-state index is 10.4. The molecular formula is C23H27ClO7. The SMILES string of the molecule is OCC1OC(c2ccc(Cl)c(Cc3ccc(OC4CCOC4)cc3)c2)[C@H](O)C(O)[C@@H]1O. The van der Waals surface area contributed by atoms with Crippen LogP contribution in [-0.2, 0) is 15.9 Å². The maximum atomic E-state index is 10.4. The molecular weight excluding hydrogens is 424 g/mol. The summed E-state index contributed by atoms with van der Waals surface area (Å²) >= 11 is 6.40. The van der Waals surface area contributed by atoms with Gasteiger partial charge in [-0.15, -0.1) is 0 Å². The topological polar surface area (TPSA) is 109 Å². The molecule has 0 amide bonds. The number of aliphatic hydroxyl groups excluding tert-OH is 4. The minimum absolute atomic E-state index is 0.0931.